The minimum absolute atomic E-state index is 0.00153. The molecule has 116 valence electrons. The topological polar surface area (TPSA) is 88.5 Å². The van der Waals surface area contributed by atoms with Crippen molar-refractivity contribution in [1.29, 1.82) is 0 Å². The molecule has 0 unspecified atom stereocenters. The SMILES string of the molecule is Nc1nccn2c(N3CCC4(CCC(=O)N4)CC3)nc(Br)c12. The summed E-state index contributed by atoms with van der Waals surface area (Å²) in [4.78, 5) is 22.5. The van der Waals surface area contributed by atoms with Crippen molar-refractivity contribution in [2.24, 2.45) is 0 Å². The molecule has 0 saturated carbocycles. The molecular formula is C14H17BrN6O. The smallest absolute Gasteiger partial charge is 0.220 e. The van der Waals surface area contributed by atoms with Gasteiger partial charge < -0.3 is 16.0 Å². The minimum atomic E-state index is -0.00153. The van der Waals surface area contributed by atoms with Gasteiger partial charge in [-0.1, -0.05) is 0 Å². The fourth-order valence-corrected chi connectivity index (χ4v) is 4.06. The highest BCUT2D eigenvalue weighted by atomic mass is 79.9. The van der Waals surface area contributed by atoms with E-state index in [0.717, 1.165) is 43.8 Å². The lowest BCUT2D eigenvalue weighted by atomic mass is 9.86. The normalized spacial score (nSPS) is 20.8. The van der Waals surface area contributed by atoms with Crippen molar-refractivity contribution in [3.8, 4) is 0 Å². The maximum absolute atomic E-state index is 11.5. The van der Waals surface area contributed by atoms with Gasteiger partial charge in [0.15, 0.2) is 5.82 Å². The molecule has 3 N–H and O–H groups in total. The summed E-state index contributed by atoms with van der Waals surface area (Å²) in [5, 5.41) is 3.16. The number of aromatic nitrogens is 3. The predicted molar refractivity (Wildman–Crippen MR) is 86.7 cm³/mol. The number of anilines is 2. The molecule has 2 aliphatic heterocycles. The van der Waals surface area contributed by atoms with Gasteiger partial charge in [-0.15, -0.1) is 0 Å². The summed E-state index contributed by atoms with van der Waals surface area (Å²) >= 11 is 3.47. The Morgan fingerprint density at radius 3 is 2.77 bits per heavy atom. The average Bonchev–Trinajstić information content (AvgIpc) is 3.03. The second-order valence-corrected chi connectivity index (χ2v) is 6.80. The molecule has 0 radical (unpaired) electrons. The lowest BCUT2D eigenvalue weighted by Gasteiger charge is -2.39. The van der Waals surface area contributed by atoms with Crippen molar-refractivity contribution >= 4 is 39.1 Å². The molecule has 2 aliphatic rings. The summed E-state index contributed by atoms with van der Waals surface area (Å²) in [5.74, 6) is 1.51. The maximum Gasteiger partial charge on any atom is 0.220 e. The van der Waals surface area contributed by atoms with Gasteiger partial charge in [0.1, 0.15) is 10.1 Å². The number of nitrogens with zero attached hydrogens (tertiary/aromatic N) is 4. The third-order valence-corrected chi connectivity index (χ3v) is 5.31. The molecule has 0 atom stereocenters. The van der Waals surface area contributed by atoms with E-state index < -0.39 is 0 Å². The first-order valence-corrected chi connectivity index (χ1v) is 8.21. The lowest BCUT2D eigenvalue weighted by Crippen LogP contribution is -2.51. The van der Waals surface area contributed by atoms with Crippen molar-refractivity contribution in [3.63, 3.8) is 0 Å². The van der Waals surface area contributed by atoms with Crippen LogP contribution in [0, 0.1) is 0 Å². The molecular weight excluding hydrogens is 348 g/mol. The summed E-state index contributed by atoms with van der Waals surface area (Å²) < 4.78 is 2.68. The Hall–Kier alpha value is -1.83. The molecule has 2 aromatic rings. The minimum Gasteiger partial charge on any atom is -0.382 e. The fourth-order valence-electron chi connectivity index (χ4n) is 3.51. The maximum atomic E-state index is 11.5. The first-order chi connectivity index (χ1) is 10.6. The molecule has 2 fully saturated rings. The zero-order valence-electron chi connectivity index (χ0n) is 12.0. The number of piperidine rings is 1. The van der Waals surface area contributed by atoms with Crippen LogP contribution in [-0.4, -0.2) is 38.9 Å². The van der Waals surface area contributed by atoms with Gasteiger partial charge in [0.05, 0.1) is 0 Å². The summed E-state index contributed by atoms with van der Waals surface area (Å²) in [7, 11) is 0. The van der Waals surface area contributed by atoms with Gasteiger partial charge in [-0.2, -0.15) is 0 Å². The van der Waals surface area contributed by atoms with E-state index in [-0.39, 0.29) is 11.4 Å². The van der Waals surface area contributed by atoms with Gasteiger partial charge in [0.25, 0.3) is 0 Å². The first-order valence-electron chi connectivity index (χ1n) is 7.42. The summed E-state index contributed by atoms with van der Waals surface area (Å²) in [5.41, 5.74) is 6.74. The molecule has 0 aromatic carbocycles. The number of rotatable bonds is 1. The number of carbonyl (C=O) groups excluding carboxylic acids is 1. The van der Waals surface area contributed by atoms with Crippen LogP contribution in [0.1, 0.15) is 25.7 Å². The highest BCUT2D eigenvalue weighted by Gasteiger charge is 2.40. The van der Waals surface area contributed by atoms with Crippen molar-refractivity contribution in [3.05, 3.63) is 17.0 Å². The van der Waals surface area contributed by atoms with E-state index in [4.69, 9.17) is 5.73 Å². The highest BCUT2D eigenvalue weighted by Crippen LogP contribution is 2.34. The lowest BCUT2D eigenvalue weighted by molar-refractivity contribution is -0.119. The van der Waals surface area contributed by atoms with Crippen LogP contribution in [-0.2, 0) is 4.79 Å². The summed E-state index contributed by atoms with van der Waals surface area (Å²) in [6.45, 7) is 1.74. The second-order valence-electron chi connectivity index (χ2n) is 6.05. The van der Waals surface area contributed by atoms with E-state index in [1.165, 1.54) is 0 Å². The number of nitrogens with two attached hydrogens (primary N) is 1. The molecule has 2 aromatic heterocycles. The van der Waals surface area contributed by atoms with E-state index >= 15 is 0 Å². The number of amides is 1. The predicted octanol–water partition coefficient (Wildman–Crippen LogP) is 1.32. The number of carbonyl (C=O) groups is 1. The third-order valence-electron chi connectivity index (χ3n) is 4.76. The molecule has 0 bridgehead atoms. The molecule has 1 spiro atoms. The Labute approximate surface area is 136 Å². The Kier molecular flexibility index (Phi) is 3.04. The van der Waals surface area contributed by atoms with E-state index in [1.807, 2.05) is 10.6 Å². The van der Waals surface area contributed by atoms with E-state index in [1.54, 1.807) is 6.20 Å². The van der Waals surface area contributed by atoms with Crippen LogP contribution in [0.5, 0.6) is 0 Å². The molecule has 7 nitrogen and oxygen atoms in total. The first kappa shape index (κ1) is 13.8. The van der Waals surface area contributed by atoms with E-state index in [2.05, 4.69) is 36.1 Å². The van der Waals surface area contributed by atoms with E-state index in [9.17, 15) is 4.79 Å². The monoisotopic (exact) mass is 364 g/mol. The molecule has 22 heavy (non-hydrogen) atoms. The van der Waals surface area contributed by atoms with Gasteiger partial charge in [0, 0.05) is 37.4 Å². The van der Waals surface area contributed by atoms with Crippen molar-refractivity contribution in [2.45, 2.75) is 31.2 Å². The van der Waals surface area contributed by atoms with Gasteiger partial charge in [-0.05, 0) is 35.2 Å². The summed E-state index contributed by atoms with van der Waals surface area (Å²) in [6.07, 6.45) is 7.06. The van der Waals surface area contributed by atoms with Gasteiger partial charge in [-0.25, -0.2) is 9.97 Å². The highest BCUT2D eigenvalue weighted by molar-refractivity contribution is 9.10. The standard InChI is InChI=1S/C14H17BrN6O/c15-11-10-12(16)17-5-8-21(10)13(18-11)20-6-3-14(4-7-20)2-1-9(22)19-14/h5,8H,1-4,6-7H2,(H2,16,17)(H,19,22). The van der Waals surface area contributed by atoms with Crippen LogP contribution in [0.2, 0.25) is 0 Å². The Morgan fingerprint density at radius 1 is 1.32 bits per heavy atom. The van der Waals surface area contributed by atoms with Gasteiger partial charge in [0.2, 0.25) is 11.9 Å². The zero-order valence-corrected chi connectivity index (χ0v) is 13.6. The van der Waals surface area contributed by atoms with Crippen molar-refractivity contribution in [2.75, 3.05) is 23.7 Å². The van der Waals surface area contributed by atoms with Crippen LogP contribution >= 0.6 is 15.9 Å². The van der Waals surface area contributed by atoms with E-state index in [0.29, 0.717) is 16.8 Å². The van der Waals surface area contributed by atoms with Crippen LogP contribution < -0.4 is 16.0 Å². The number of nitrogen functional groups attached to an aromatic ring is 1. The Morgan fingerprint density at radius 2 is 2.09 bits per heavy atom. The van der Waals surface area contributed by atoms with Crippen molar-refractivity contribution < 1.29 is 4.79 Å². The van der Waals surface area contributed by atoms with Gasteiger partial charge >= 0.3 is 0 Å². The number of nitrogens with one attached hydrogen (secondary N) is 1. The average molecular weight is 365 g/mol. The number of imidazole rings is 1. The fraction of sp³-hybridized carbons (Fsp3) is 0.500. The van der Waals surface area contributed by atoms with Crippen molar-refractivity contribution in [1.82, 2.24) is 19.7 Å². The van der Waals surface area contributed by atoms with Gasteiger partial charge in [-0.3, -0.25) is 9.20 Å². The molecule has 0 aliphatic carbocycles. The Balaban J connectivity index is 1.62. The zero-order chi connectivity index (χ0) is 15.3. The molecule has 4 rings (SSSR count). The number of hydrogen-bond donors (Lipinski definition) is 2. The molecule has 2 saturated heterocycles. The number of halogens is 1. The number of fused-ring (bicyclic) bond motifs is 1. The Bertz CT molecular complexity index is 749. The summed E-state index contributed by atoms with van der Waals surface area (Å²) in [6, 6.07) is 0. The quantitative estimate of drug-likeness (QED) is 0.796. The van der Waals surface area contributed by atoms with Crippen LogP contribution in [0.4, 0.5) is 11.8 Å². The third kappa shape index (κ3) is 2.05. The molecule has 8 heteroatoms. The number of hydrogen-bond acceptors (Lipinski definition) is 5. The van der Waals surface area contributed by atoms with Crippen LogP contribution in [0.25, 0.3) is 5.52 Å². The second kappa shape index (κ2) is 4.84. The largest absolute Gasteiger partial charge is 0.382 e. The molecule has 4 heterocycles. The molecule has 1 amide bonds. The van der Waals surface area contributed by atoms with Crippen LogP contribution in [0.15, 0.2) is 17.0 Å². The van der Waals surface area contributed by atoms with Crippen LogP contribution in [0.3, 0.4) is 0 Å².